The molecule has 1 aromatic heterocycles. The molecule has 1 aromatic carbocycles. The summed E-state index contributed by atoms with van der Waals surface area (Å²) in [4.78, 5) is 2.17. The number of oxime groups is 1. The lowest BCUT2D eigenvalue weighted by atomic mass is 10.0. The first-order chi connectivity index (χ1) is 11.7. The largest absolute Gasteiger partial charge is 0.411 e. The zero-order chi connectivity index (χ0) is 16.9. The fraction of sp³-hybridized carbons (Fsp3) is 0.438. The van der Waals surface area contributed by atoms with Crippen LogP contribution in [0.1, 0.15) is 22.5 Å². The molecule has 0 bridgehead atoms. The smallest absolute Gasteiger partial charge is 0.157 e. The molecule has 0 radical (unpaired) electrons. The molecule has 0 saturated carbocycles. The predicted molar refractivity (Wildman–Crippen MR) is 83.6 cm³/mol. The average Bonchev–Trinajstić information content (AvgIpc) is 3.05. The third-order valence-electron chi connectivity index (χ3n) is 4.02. The summed E-state index contributed by atoms with van der Waals surface area (Å²) in [6.45, 7) is 5.19. The molecule has 8 heteroatoms. The minimum absolute atomic E-state index is 0.266. The summed E-state index contributed by atoms with van der Waals surface area (Å²) in [5.41, 5.74) is 2.73. The van der Waals surface area contributed by atoms with E-state index < -0.39 is 0 Å². The van der Waals surface area contributed by atoms with Gasteiger partial charge in [0, 0.05) is 26.1 Å². The Kier molecular flexibility index (Phi) is 5.17. The highest BCUT2D eigenvalue weighted by Gasteiger charge is 2.21. The molecule has 128 valence electrons. The maximum absolute atomic E-state index is 13.4. The van der Waals surface area contributed by atoms with Crippen molar-refractivity contribution in [2.75, 3.05) is 26.3 Å². The van der Waals surface area contributed by atoms with Gasteiger partial charge in [-0.1, -0.05) is 22.4 Å². The third-order valence-corrected chi connectivity index (χ3v) is 4.02. The van der Waals surface area contributed by atoms with Gasteiger partial charge in [0.15, 0.2) is 5.69 Å². The van der Waals surface area contributed by atoms with Crippen LogP contribution < -0.4 is 0 Å². The maximum Gasteiger partial charge on any atom is 0.157 e. The second-order valence-corrected chi connectivity index (χ2v) is 5.76. The van der Waals surface area contributed by atoms with Gasteiger partial charge in [-0.05, 0) is 29.3 Å². The van der Waals surface area contributed by atoms with Crippen molar-refractivity contribution in [2.24, 2.45) is 5.16 Å². The Bertz CT molecular complexity index is 726. The van der Waals surface area contributed by atoms with Crippen LogP contribution >= 0.6 is 0 Å². The Morgan fingerprint density at radius 1 is 1.33 bits per heavy atom. The summed E-state index contributed by atoms with van der Waals surface area (Å²) >= 11 is 0. The summed E-state index contributed by atoms with van der Waals surface area (Å²) in [5, 5.41) is 20.5. The number of rotatable bonds is 5. The van der Waals surface area contributed by atoms with Gasteiger partial charge in [0.25, 0.3) is 0 Å². The topological polar surface area (TPSA) is 84.0 Å². The number of benzene rings is 1. The van der Waals surface area contributed by atoms with Gasteiger partial charge in [-0.25, -0.2) is 9.02 Å². The molecule has 1 N–H and O–H groups in total. The zero-order valence-corrected chi connectivity index (χ0v) is 13.4. The van der Waals surface area contributed by atoms with Crippen LogP contribution in [0, 0.1) is 12.7 Å². The molecule has 2 heterocycles. The van der Waals surface area contributed by atoms with Gasteiger partial charge in [-0.15, -0.1) is 0 Å². The summed E-state index contributed by atoms with van der Waals surface area (Å²) < 4.78 is 23.5. The number of ether oxygens (including phenoxy) is 1. The second-order valence-electron chi connectivity index (χ2n) is 5.76. The van der Waals surface area contributed by atoms with E-state index in [0.29, 0.717) is 48.8 Å². The summed E-state index contributed by atoms with van der Waals surface area (Å²) in [6.07, 6.45) is 0.307. The average molecular weight is 334 g/mol. The molecule has 0 amide bonds. The molecule has 0 atom stereocenters. The van der Waals surface area contributed by atoms with Gasteiger partial charge in [0.05, 0.1) is 13.2 Å². The quantitative estimate of drug-likeness (QED) is 0.510. The fourth-order valence-corrected chi connectivity index (χ4v) is 2.68. The van der Waals surface area contributed by atoms with E-state index in [4.69, 9.17) is 9.37 Å². The Balaban J connectivity index is 1.76. The Morgan fingerprint density at radius 3 is 2.83 bits per heavy atom. The highest BCUT2D eigenvalue weighted by Crippen LogP contribution is 2.15. The van der Waals surface area contributed by atoms with Crippen LogP contribution in [0.4, 0.5) is 4.39 Å². The summed E-state index contributed by atoms with van der Waals surface area (Å²) in [7, 11) is 0. The van der Waals surface area contributed by atoms with Crippen LogP contribution in [0.5, 0.6) is 0 Å². The number of halogens is 1. The first-order valence-electron chi connectivity index (χ1n) is 7.75. The highest BCUT2D eigenvalue weighted by atomic mass is 19.1. The van der Waals surface area contributed by atoms with Crippen molar-refractivity contribution >= 4 is 5.71 Å². The molecule has 7 nitrogen and oxygen atoms in total. The van der Waals surface area contributed by atoms with Crippen molar-refractivity contribution in [3.63, 3.8) is 0 Å². The van der Waals surface area contributed by atoms with Crippen molar-refractivity contribution in [1.82, 2.24) is 15.2 Å². The molecule has 0 aliphatic carbocycles. The molecule has 1 fully saturated rings. The highest BCUT2D eigenvalue weighted by molar-refractivity contribution is 6.00. The first-order valence-corrected chi connectivity index (χ1v) is 7.75. The van der Waals surface area contributed by atoms with Crippen LogP contribution in [0.15, 0.2) is 28.0 Å². The van der Waals surface area contributed by atoms with E-state index in [0.717, 1.165) is 18.7 Å². The molecular weight excluding hydrogens is 315 g/mol. The number of aromatic nitrogens is 2. The van der Waals surface area contributed by atoms with E-state index in [-0.39, 0.29) is 5.82 Å². The number of aryl methyl sites for hydroxylation is 1. The minimum Gasteiger partial charge on any atom is -0.411 e. The van der Waals surface area contributed by atoms with E-state index >= 15 is 0 Å². The molecule has 24 heavy (non-hydrogen) atoms. The van der Waals surface area contributed by atoms with E-state index in [1.807, 2.05) is 0 Å². The van der Waals surface area contributed by atoms with Gasteiger partial charge in [-0.2, -0.15) is 0 Å². The maximum atomic E-state index is 13.4. The number of nitrogens with zero attached hydrogens (tertiary/aromatic N) is 4. The van der Waals surface area contributed by atoms with Crippen molar-refractivity contribution < 1.29 is 19.0 Å². The molecular formula is C16H19FN4O3. The summed E-state index contributed by atoms with van der Waals surface area (Å²) in [5.74, 6) is -0.266. The Morgan fingerprint density at radius 2 is 2.12 bits per heavy atom. The monoisotopic (exact) mass is 334 g/mol. The van der Waals surface area contributed by atoms with Gasteiger partial charge in [-0.3, -0.25) is 4.90 Å². The fourth-order valence-electron chi connectivity index (χ4n) is 2.68. The van der Waals surface area contributed by atoms with E-state index in [2.05, 4.69) is 20.4 Å². The Hall–Kier alpha value is -2.32. The molecule has 1 aliphatic heterocycles. The van der Waals surface area contributed by atoms with Crippen LogP contribution in [0.2, 0.25) is 0 Å². The molecule has 0 spiro atoms. The zero-order valence-electron chi connectivity index (χ0n) is 13.4. The molecule has 1 saturated heterocycles. The number of hydrogen-bond acceptors (Lipinski definition) is 7. The SMILES string of the molecule is Cc1cc(CC(=NO)c2nonc2CN2CCOCC2)ccc1F. The molecule has 3 rings (SSSR count). The predicted octanol–water partition coefficient (Wildman–Crippen LogP) is 1.77. The van der Waals surface area contributed by atoms with Crippen molar-refractivity contribution in [3.8, 4) is 0 Å². The molecule has 2 aromatic rings. The first kappa shape index (κ1) is 16.5. The van der Waals surface area contributed by atoms with Gasteiger partial charge in [0.1, 0.15) is 17.2 Å². The second kappa shape index (κ2) is 7.50. The Labute approximate surface area is 138 Å². The summed E-state index contributed by atoms with van der Waals surface area (Å²) in [6, 6.07) is 4.77. The van der Waals surface area contributed by atoms with E-state index in [1.165, 1.54) is 6.07 Å². The van der Waals surface area contributed by atoms with Crippen LogP contribution in [0.3, 0.4) is 0 Å². The van der Waals surface area contributed by atoms with Gasteiger partial charge in [0.2, 0.25) is 0 Å². The standard InChI is InChI=1S/C16H19FN4O3/c1-11-8-12(2-3-13(11)17)9-14(18-22)16-15(19-24-20-16)10-21-4-6-23-7-5-21/h2-3,8,22H,4-7,9-10H2,1H3. The van der Waals surface area contributed by atoms with Crippen LogP contribution in [-0.2, 0) is 17.7 Å². The lowest BCUT2D eigenvalue weighted by molar-refractivity contribution is 0.0332. The van der Waals surface area contributed by atoms with Crippen molar-refractivity contribution in [1.29, 1.82) is 0 Å². The minimum atomic E-state index is -0.266. The van der Waals surface area contributed by atoms with Gasteiger partial charge >= 0.3 is 0 Å². The lowest BCUT2D eigenvalue weighted by Crippen LogP contribution is -2.36. The van der Waals surface area contributed by atoms with Crippen LogP contribution in [0.25, 0.3) is 0 Å². The third kappa shape index (κ3) is 3.77. The van der Waals surface area contributed by atoms with E-state index in [9.17, 15) is 9.60 Å². The normalized spacial score (nSPS) is 16.5. The van der Waals surface area contributed by atoms with Crippen molar-refractivity contribution in [3.05, 3.63) is 46.5 Å². The molecule has 1 aliphatic rings. The number of hydrogen-bond donors (Lipinski definition) is 1. The number of morpholine rings is 1. The van der Waals surface area contributed by atoms with E-state index in [1.54, 1.807) is 19.1 Å². The van der Waals surface area contributed by atoms with Gasteiger partial charge < -0.3 is 9.94 Å². The van der Waals surface area contributed by atoms with Crippen LogP contribution in [-0.4, -0.2) is 52.4 Å². The lowest BCUT2D eigenvalue weighted by Gasteiger charge is -2.25. The van der Waals surface area contributed by atoms with Crippen molar-refractivity contribution in [2.45, 2.75) is 19.9 Å². The molecule has 0 unspecified atom stereocenters.